The standard InChI is InChI=1S/C22H29N7O7S/c23-12(9-37)19(32)27-15(6-17(24)30)21(34)28-14(20(33)29-16(22(35)36)7-18(25)31)5-10-8-26-13-4-2-1-3-11(10)13/h1-4,8,12,14-16,26,37H,5-7,9,23H2,(H2,24,30)(H2,25,31)(H,27,32)(H,28,34)(H,29,33)(H,35,36). The number of para-hydroxylation sites is 1. The highest BCUT2D eigenvalue weighted by atomic mass is 32.1. The number of H-pyrrole nitrogens is 1. The van der Waals surface area contributed by atoms with Crippen LogP contribution in [-0.2, 0) is 35.2 Å². The minimum Gasteiger partial charge on any atom is -0.480 e. The molecule has 1 aromatic carbocycles. The summed E-state index contributed by atoms with van der Waals surface area (Å²) in [5, 5.41) is 17.0. The van der Waals surface area contributed by atoms with Gasteiger partial charge in [-0.25, -0.2) is 4.79 Å². The van der Waals surface area contributed by atoms with Crippen molar-refractivity contribution in [3.8, 4) is 0 Å². The van der Waals surface area contributed by atoms with Crippen molar-refractivity contribution in [1.29, 1.82) is 0 Å². The number of hydrogen-bond acceptors (Lipinski definition) is 8. The van der Waals surface area contributed by atoms with Gasteiger partial charge in [0.15, 0.2) is 0 Å². The van der Waals surface area contributed by atoms with E-state index in [1.807, 2.05) is 0 Å². The molecule has 15 heteroatoms. The van der Waals surface area contributed by atoms with Crippen LogP contribution in [0.15, 0.2) is 30.5 Å². The number of carboxylic acids is 1. The molecule has 0 saturated carbocycles. The van der Waals surface area contributed by atoms with E-state index in [1.165, 1.54) is 0 Å². The van der Waals surface area contributed by atoms with Gasteiger partial charge in [0.05, 0.1) is 18.9 Å². The van der Waals surface area contributed by atoms with Crippen LogP contribution in [0.4, 0.5) is 0 Å². The molecule has 0 fully saturated rings. The Balaban J connectivity index is 2.34. The first-order valence-electron chi connectivity index (χ1n) is 11.0. The van der Waals surface area contributed by atoms with Crippen molar-refractivity contribution in [1.82, 2.24) is 20.9 Å². The van der Waals surface area contributed by atoms with Gasteiger partial charge in [-0.3, -0.25) is 24.0 Å². The first kappa shape index (κ1) is 29.1. The second kappa shape index (κ2) is 13.3. The Morgan fingerprint density at radius 2 is 1.41 bits per heavy atom. The number of nitrogens with one attached hydrogen (secondary N) is 4. The highest BCUT2D eigenvalue weighted by molar-refractivity contribution is 7.80. The van der Waals surface area contributed by atoms with E-state index in [2.05, 4.69) is 33.6 Å². The minimum atomic E-state index is -1.65. The van der Waals surface area contributed by atoms with E-state index >= 15 is 0 Å². The average Bonchev–Trinajstić information content (AvgIpc) is 3.24. The maximum Gasteiger partial charge on any atom is 0.326 e. The summed E-state index contributed by atoms with van der Waals surface area (Å²) in [6.07, 6.45) is 0.218. The third-order valence-corrected chi connectivity index (χ3v) is 5.72. The van der Waals surface area contributed by atoms with Crippen LogP contribution in [0.1, 0.15) is 18.4 Å². The van der Waals surface area contributed by atoms with E-state index in [4.69, 9.17) is 17.2 Å². The number of benzene rings is 1. The third-order valence-electron chi connectivity index (χ3n) is 5.32. The van der Waals surface area contributed by atoms with Gasteiger partial charge >= 0.3 is 5.97 Å². The number of aromatic nitrogens is 1. The fourth-order valence-corrected chi connectivity index (χ4v) is 3.61. The van der Waals surface area contributed by atoms with Crippen LogP contribution >= 0.6 is 12.6 Å². The van der Waals surface area contributed by atoms with Crippen LogP contribution in [0.3, 0.4) is 0 Å². The van der Waals surface area contributed by atoms with Crippen LogP contribution in [0.5, 0.6) is 0 Å². The highest BCUT2D eigenvalue weighted by Crippen LogP contribution is 2.19. The lowest BCUT2D eigenvalue weighted by atomic mass is 10.0. The molecular formula is C22H29N7O7S. The Labute approximate surface area is 216 Å². The lowest BCUT2D eigenvalue weighted by Gasteiger charge is -2.24. The molecular weight excluding hydrogens is 506 g/mol. The SMILES string of the molecule is NC(=O)CC(NC(=O)C(Cc1c[nH]c2ccccc12)NC(=O)C(CC(N)=O)NC(=O)C(N)CS)C(=O)O. The molecule has 0 aliphatic heterocycles. The summed E-state index contributed by atoms with van der Waals surface area (Å²) in [7, 11) is 0. The maximum absolute atomic E-state index is 13.1. The second-order valence-electron chi connectivity index (χ2n) is 8.22. The zero-order chi connectivity index (χ0) is 27.7. The number of rotatable bonds is 14. The van der Waals surface area contributed by atoms with Crippen molar-refractivity contribution in [2.24, 2.45) is 17.2 Å². The molecule has 11 N–H and O–H groups in total. The number of aliphatic carboxylic acids is 1. The van der Waals surface area contributed by atoms with E-state index < -0.39 is 72.5 Å². The molecule has 0 radical (unpaired) electrons. The van der Waals surface area contributed by atoms with Gasteiger partial charge in [0.1, 0.15) is 18.1 Å². The second-order valence-corrected chi connectivity index (χ2v) is 8.58. The van der Waals surface area contributed by atoms with Crippen molar-refractivity contribution >= 4 is 59.0 Å². The van der Waals surface area contributed by atoms with Gasteiger partial charge in [0, 0.05) is 29.3 Å². The molecule has 14 nitrogen and oxygen atoms in total. The first-order chi connectivity index (χ1) is 17.4. The Morgan fingerprint density at radius 1 is 0.865 bits per heavy atom. The van der Waals surface area contributed by atoms with Crippen molar-refractivity contribution in [2.45, 2.75) is 43.4 Å². The third kappa shape index (κ3) is 8.50. The van der Waals surface area contributed by atoms with E-state index in [0.717, 1.165) is 10.9 Å². The van der Waals surface area contributed by atoms with Crippen LogP contribution in [0, 0.1) is 0 Å². The highest BCUT2D eigenvalue weighted by Gasteiger charge is 2.32. The normalized spacial score (nSPS) is 14.1. The van der Waals surface area contributed by atoms with Gasteiger partial charge in [-0.2, -0.15) is 12.6 Å². The molecule has 0 bridgehead atoms. The zero-order valence-electron chi connectivity index (χ0n) is 19.6. The molecule has 2 rings (SSSR count). The van der Waals surface area contributed by atoms with Gasteiger partial charge in [0.2, 0.25) is 29.5 Å². The number of primary amides is 2. The van der Waals surface area contributed by atoms with Gasteiger partial charge in [0.25, 0.3) is 0 Å². The molecule has 0 spiro atoms. The predicted molar refractivity (Wildman–Crippen MR) is 135 cm³/mol. The van der Waals surface area contributed by atoms with Gasteiger partial charge < -0.3 is 43.2 Å². The topological polar surface area (TPSA) is 253 Å². The number of nitrogens with two attached hydrogens (primary N) is 3. The summed E-state index contributed by atoms with van der Waals surface area (Å²) in [6, 6.07) is 1.54. The van der Waals surface area contributed by atoms with Crippen molar-refractivity contribution < 1.29 is 33.9 Å². The number of amides is 5. The van der Waals surface area contributed by atoms with Crippen LogP contribution in [0.2, 0.25) is 0 Å². The fraction of sp³-hybridized carbons (Fsp3) is 0.364. The fourth-order valence-electron chi connectivity index (χ4n) is 3.45. The van der Waals surface area contributed by atoms with Gasteiger partial charge in [-0.05, 0) is 11.6 Å². The molecule has 0 aliphatic rings. The molecule has 0 saturated heterocycles. The lowest BCUT2D eigenvalue weighted by Crippen LogP contribution is -2.58. The zero-order valence-corrected chi connectivity index (χ0v) is 20.5. The Hall–Kier alpha value is -4.11. The number of thiol groups is 1. The van der Waals surface area contributed by atoms with Crippen LogP contribution in [-0.4, -0.2) is 75.5 Å². The predicted octanol–water partition coefficient (Wildman–Crippen LogP) is -2.74. The number of aromatic amines is 1. The monoisotopic (exact) mass is 535 g/mol. The summed E-state index contributed by atoms with van der Waals surface area (Å²) in [6.45, 7) is 0. The number of hydrogen-bond donors (Lipinski definition) is 9. The van der Waals surface area contributed by atoms with Gasteiger partial charge in [-0.15, -0.1) is 0 Å². The average molecular weight is 536 g/mol. The molecule has 1 aromatic heterocycles. The first-order valence-corrected chi connectivity index (χ1v) is 11.7. The summed E-state index contributed by atoms with van der Waals surface area (Å²) < 4.78 is 0. The molecule has 5 amide bonds. The van der Waals surface area contributed by atoms with Gasteiger partial charge in [-0.1, -0.05) is 18.2 Å². The summed E-state index contributed by atoms with van der Waals surface area (Å²) in [4.78, 5) is 75.7. The Bertz CT molecular complexity index is 1190. The minimum absolute atomic E-state index is 0.0429. The summed E-state index contributed by atoms with van der Waals surface area (Å²) in [5.41, 5.74) is 17.3. The van der Waals surface area contributed by atoms with Crippen molar-refractivity contribution in [3.05, 3.63) is 36.0 Å². The number of carbonyl (C=O) groups is 6. The van der Waals surface area contributed by atoms with Crippen LogP contribution < -0.4 is 33.2 Å². The molecule has 0 aliphatic carbocycles. The molecule has 1 heterocycles. The summed E-state index contributed by atoms with van der Waals surface area (Å²) >= 11 is 3.92. The smallest absolute Gasteiger partial charge is 0.326 e. The molecule has 200 valence electrons. The summed E-state index contributed by atoms with van der Waals surface area (Å²) in [5.74, 6) is -6.09. The lowest BCUT2D eigenvalue weighted by molar-refractivity contribution is -0.143. The number of fused-ring (bicyclic) bond motifs is 1. The number of carboxylic acid groups (broad SMARTS) is 1. The Morgan fingerprint density at radius 3 is 2.00 bits per heavy atom. The Kier molecular flexibility index (Phi) is 10.4. The molecule has 4 atom stereocenters. The van der Waals surface area contributed by atoms with Crippen molar-refractivity contribution in [3.63, 3.8) is 0 Å². The van der Waals surface area contributed by atoms with E-state index in [0.29, 0.717) is 5.56 Å². The maximum atomic E-state index is 13.1. The molecule has 2 aromatic rings. The molecule has 4 unspecified atom stereocenters. The van der Waals surface area contributed by atoms with E-state index in [9.17, 15) is 33.9 Å². The molecule has 37 heavy (non-hydrogen) atoms. The van der Waals surface area contributed by atoms with E-state index in [1.54, 1.807) is 30.5 Å². The van der Waals surface area contributed by atoms with Crippen LogP contribution in [0.25, 0.3) is 10.9 Å². The number of carbonyl (C=O) groups excluding carboxylic acids is 5. The quantitative estimate of drug-likeness (QED) is 0.114. The van der Waals surface area contributed by atoms with E-state index in [-0.39, 0.29) is 12.2 Å². The largest absolute Gasteiger partial charge is 0.480 e. The van der Waals surface area contributed by atoms with Crippen molar-refractivity contribution in [2.75, 3.05) is 5.75 Å².